The molecule has 0 saturated carbocycles. The van der Waals surface area contributed by atoms with Crippen LogP contribution in [0.25, 0.3) is 77.7 Å². The van der Waals surface area contributed by atoms with Gasteiger partial charge in [0.05, 0.1) is 16.8 Å². The molecular weight excluding hydrogens is 689 g/mol. The van der Waals surface area contributed by atoms with Crippen molar-refractivity contribution in [1.29, 1.82) is 0 Å². The summed E-state index contributed by atoms with van der Waals surface area (Å²) in [4.78, 5) is 10.3. The van der Waals surface area contributed by atoms with E-state index in [1.807, 2.05) is 24.3 Å². The lowest BCUT2D eigenvalue weighted by atomic mass is 9.67. The van der Waals surface area contributed by atoms with Crippen LogP contribution in [0.3, 0.4) is 0 Å². The molecule has 1 aliphatic carbocycles. The minimum Gasteiger partial charge on any atom is -0.228 e. The Kier molecular flexibility index (Phi) is 7.75. The van der Waals surface area contributed by atoms with Gasteiger partial charge in [0.1, 0.15) is 0 Å². The molecule has 1 heterocycles. The quantitative estimate of drug-likeness (QED) is 0.171. The van der Waals surface area contributed by atoms with Gasteiger partial charge in [-0.2, -0.15) is 0 Å². The predicted molar refractivity (Wildman–Crippen MR) is 236 cm³/mol. The molecule has 0 atom stereocenters. The van der Waals surface area contributed by atoms with E-state index in [1.54, 1.807) is 0 Å². The van der Waals surface area contributed by atoms with Crippen LogP contribution in [0.15, 0.2) is 218 Å². The van der Waals surface area contributed by atoms with Crippen LogP contribution < -0.4 is 0 Å². The second-order valence-electron chi connectivity index (χ2n) is 14.9. The van der Waals surface area contributed by atoms with E-state index in [2.05, 4.69) is 194 Å². The van der Waals surface area contributed by atoms with E-state index < -0.39 is 5.41 Å². The van der Waals surface area contributed by atoms with Crippen molar-refractivity contribution in [3.05, 3.63) is 241 Å². The average Bonchev–Trinajstić information content (AvgIpc) is 3.60. The highest BCUT2D eigenvalue weighted by molar-refractivity contribution is 6.07. The lowest BCUT2D eigenvalue weighted by Crippen LogP contribution is -2.28. The number of aromatic nitrogens is 2. The van der Waals surface area contributed by atoms with Gasteiger partial charge in [0.2, 0.25) is 0 Å². The maximum atomic E-state index is 5.22. The average molecular weight is 725 g/mol. The molecule has 2 heteroatoms. The van der Waals surface area contributed by atoms with Crippen LogP contribution in [0.5, 0.6) is 0 Å². The van der Waals surface area contributed by atoms with Gasteiger partial charge in [0, 0.05) is 16.7 Å². The molecule has 0 bridgehead atoms. The first-order valence-corrected chi connectivity index (χ1v) is 19.6. The molecule has 0 fully saturated rings. The monoisotopic (exact) mass is 724 g/mol. The van der Waals surface area contributed by atoms with Crippen LogP contribution in [0.4, 0.5) is 0 Å². The molecule has 57 heavy (non-hydrogen) atoms. The lowest BCUT2D eigenvalue weighted by molar-refractivity contribution is 0.769. The number of hydrogen-bond acceptors (Lipinski definition) is 2. The minimum atomic E-state index is -0.508. The third-order valence-electron chi connectivity index (χ3n) is 11.8. The van der Waals surface area contributed by atoms with Crippen molar-refractivity contribution in [1.82, 2.24) is 9.97 Å². The molecule has 266 valence electrons. The van der Waals surface area contributed by atoms with Crippen molar-refractivity contribution in [2.45, 2.75) is 5.41 Å². The fraction of sp³-hybridized carbons (Fsp3) is 0.0182. The van der Waals surface area contributed by atoms with Gasteiger partial charge in [-0.05, 0) is 78.2 Å². The number of fused-ring (bicyclic) bond motifs is 6. The smallest absolute Gasteiger partial charge is 0.160 e. The Labute approximate surface area is 332 Å². The Hall–Kier alpha value is -7.42. The Bertz CT molecular complexity index is 3000. The van der Waals surface area contributed by atoms with Gasteiger partial charge in [-0.15, -0.1) is 0 Å². The molecule has 10 aromatic rings. The molecule has 11 rings (SSSR count). The zero-order valence-corrected chi connectivity index (χ0v) is 31.2. The van der Waals surface area contributed by atoms with Gasteiger partial charge in [-0.3, -0.25) is 0 Å². The SMILES string of the molecule is c1ccc(-c2cc(-c3ccc(-c4ccc5c(c4)C(c4ccccc4)(c4ccccc4)c4ccc6ccccc6c4-5)c4ccccc34)nc(-c3ccccc3)n2)cc1. The standard InChI is InChI=1S/C55H36N2/c1-5-18-38(19-6-1)51-36-52(57-54(56-51)39-20-7-2-8-21-39)47-33-32-43(45-27-15-16-28-46(45)47)40-29-31-48-50(35-40)55(41-22-9-3-10-23-41,42-24-11-4-12-25-42)49-34-30-37-17-13-14-26-44(37)53(48)49/h1-36H. The highest BCUT2D eigenvalue weighted by Crippen LogP contribution is 2.58. The van der Waals surface area contributed by atoms with Crippen molar-refractivity contribution < 1.29 is 0 Å². The fourth-order valence-electron chi connectivity index (χ4n) is 9.26. The first-order chi connectivity index (χ1) is 28.3. The molecule has 2 nitrogen and oxygen atoms in total. The molecule has 0 spiro atoms. The maximum Gasteiger partial charge on any atom is 0.160 e. The Balaban J connectivity index is 1.15. The Morgan fingerprint density at radius 1 is 0.316 bits per heavy atom. The topological polar surface area (TPSA) is 25.8 Å². The van der Waals surface area contributed by atoms with Crippen molar-refractivity contribution in [2.24, 2.45) is 0 Å². The second kappa shape index (κ2) is 13.4. The van der Waals surface area contributed by atoms with Crippen LogP contribution in [0, 0.1) is 0 Å². The first kappa shape index (κ1) is 33.0. The summed E-state index contributed by atoms with van der Waals surface area (Å²) in [7, 11) is 0. The highest BCUT2D eigenvalue weighted by atomic mass is 14.9. The van der Waals surface area contributed by atoms with Crippen molar-refractivity contribution in [3.63, 3.8) is 0 Å². The molecule has 0 aliphatic heterocycles. The molecule has 1 aliphatic rings. The van der Waals surface area contributed by atoms with Gasteiger partial charge in [-0.1, -0.05) is 206 Å². The van der Waals surface area contributed by atoms with Crippen LogP contribution in [-0.4, -0.2) is 9.97 Å². The van der Waals surface area contributed by atoms with Crippen LogP contribution in [0.1, 0.15) is 22.3 Å². The number of hydrogen-bond donors (Lipinski definition) is 0. The van der Waals surface area contributed by atoms with E-state index in [1.165, 1.54) is 60.7 Å². The summed E-state index contributed by atoms with van der Waals surface area (Å²) in [6, 6.07) is 78.9. The second-order valence-corrected chi connectivity index (χ2v) is 14.9. The summed E-state index contributed by atoms with van der Waals surface area (Å²) in [5.74, 6) is 0.712. The number of nitrogens with zero attached hydrogens (tertiary/aromatic N) is 2. The maximum absolute atomic E-state index is 5.22. The number of rotatable bonds is 6. The van der Waals surface area contributed by atoms with Gasteiger partial charge in [0.15, 0.2) is 5.82 Å². The number of benzene rings is 9. The van der Waals surface area contributed by atoms with E-state index in [9.17, 15) is 0 Å². The summed E-state index contributed by atoms with van der Waals surface area (Å²) in [5, 5.41) is 4.86. The molecule has 0 unspecified atom stereocenters. The normalized spacial score (nSPS) is 12.7. The summed E-state index contributed by atoms with van der Waals surface area (Å²) in [6.45, 7) is 0. The summed E-state index contributed by atoms with van der Waals surface area (Å²) >= 11 is 0. The van der Waals surface area contributed by atoms with Crippen molar-refractivity contribution >= 4 is 21.5 Å². The highest BCUT2D eigenvalue weighted by Gasteiger charge is 2.46. The summed E-state index contributed by atoms with van der Waals surface area (Å²) in [6.07, 6.45) is 0. The minimum absolute atomic E-state index is 0.508. The van der Waals surface area contributed by atoms with Gasteiger partial charge in [0.25, 0.3) is 0 Å². The van der Waals surface area contributed by atoms with E-state index >= 15 is 0 Å². The first-order valence-electron chi connectivity index (χ1n) is 19.6. The zero-order chi connectivity index (χ0) is 37.8. The predicted octanol–water partition coefficient (Wildman–Crippen LogP) is 13.8. The molecule has 0 radical (unpaired) electrons. The van der Waals surface area contributed by atoms with Crippen molar-refractivity contribution in [3.8, 4) is 56.2 Å². The molecule has 0 N–H and O–H groups in total. The third-order valence-corrected chi connectivity index (χ3v) is 11.8. The van der Waals surface area contributed by atoms with Crippen molar-refractivity contribution in [2.75, 3.05) is 0 Å². The zero-order valence-electron chi connectivity index (χ0n) is 31.2. The van der Waals surface area contributed by atoms with Crippen LogP contribution in [0.2, 0.25) is 0 Å². The van der Waals surface area contributed by atoms with Gasteiger partial charge >= 0.3 is 0 Å². The Morgan fingerprint density at radius 3 is 1.53 bits per heavy atom. The van der Waals surface area contributed by atoms with E-state index in [-0.39, 0.29) is 0 Å². The molecule has 1 aromatic heterocycles. The van der Waals surface area contributed by atoms with Crippen LogP contribution in [-0.2, 0) is 5.41 Å². The largest absolute Gasteiger partial charge is 0.228 e. The van der Waals surface area contributed by atoms with Gasteiger partial charge < -0.3 is 0 Å². The van der Waals surface area contributed by atoms with E-state index in [0.717, 1.165) is 33.5 Å². The van der Waals surface area contributed by atoms with Crippen LogP contribution >= 0.6 is 0 Å². The molecule has 9 aromatic carbocycles. The fourth-order valence-corrected chi connectivity index (χ4v) is 9.26. The molecule has 0 saturated heterocycles. The van der Waals surface area contributed by atoms with E-state index in [4.69, 9.17) is 9.97 Å². The molecule has 0 amide bonds. The summed E-state index contributed by atoms with van der Waals surface area (Å²) in [5.41, 5.74) is 14.5. The molecular formula is C55H36N2. The third kappa shape index (κ3) is 5.26. The Morgan fingerprint density at radius 2 is 0.842 bits per heavy atom. The lowest BCUT2D eigenvalue weighted by Gasteiger charge is -2.34. The van der Waals surface area contributed by atoms with E-state index in [0.29, 0.717) is 5.82 Å². The summed E-state index contributed by atoms with van der Waals surface area (Å²) < 4.78 is 0. The van der Waals surface area contributed by atoms with Gasteiger partial charge in [-0.25, -0.2) is 9.97 Å².